The molecule has 1 aliphatic rings. The maximum Gasteiger partial charge on any atom is 0.166 e. The first-order chi connectivity index (χ1) is 10.5. The minimum Gasteiger partial charge on any atom is -0.294 e. The van der Waals surface area contributed by atoms with Crippen LogP contribution in [0.4, 0.5) is 4.39 Å². The summed E-state index contributed by atoms with van der Waals surface area (Å²) < 4.78 is 13.9. The molecule has 0 saturated heterocycles. The fourth-order valence-corrected chi connectivity index (χ4v) is 3.38. The second-order valence-corrected chi connectivity index (χ2v) is 5.65. The van der Waals surface area contributed by atoms with Gasteiger partial charge in [-0.3, -0.25) is 4.79 Å². The van der Waals surface area contributed by atoms with Crippen molar-refractivity contribution in [2.45, 2.75) is 47.5 Å². The Kier molecular flexibility index (Phi) is 4.80. The highest BCUT2D eigenvalue weighted by molar-refractivity contribution is 6.03. The summed E-state index contributed by atoms with van der Waals surface area (Å²) in [5.74, 6) is -0.449. The Labute approximate surface area is 132 Å². The Hall–Kier alpha value is -1.96. The minimum absolute atomic E-state index is 0.0678. The number of halogens is 1. The fourth-order valence-electron chi connectivity index (χ4n) is 3.38. The van der Waals surface area contributed by atoms with Gasteiger partial charge in [-0.2, -0.15) is 0 Å². The van der Waals surface area contributed by atoms with Gasteiger partial charge in [0, 0.05) is 6.42 Å². The lowest BCUT2D eigenvalue weighted by atomic mass is 9.89. The molecule has 1 nitrogen and oxygen atoms in total. The third-order valence-electron chi connectivity index (χ3n) is 4.09. The van der Waals surface area contributed by atoms with Crippen LogP contribution in [0.2, 0.25) is 0 Å². The highest BCUT2D eigenvalue weighted by Crippen LogP contribution is 2.37. The van der Waals surface area contributed by atoms with E-state index in [4.69, 9.17) is 0 Å². The first-order valence-corrected chi connectivity index (χ1v) is 7.92. The number of carbonyl (C=O) groups is 1. The van der Waals surface area contributed by atoms with Crippen molar-refractivity contribution in [2.24, 2.45) is 0 Å². The molecule has 2 aromatic carbocycles. The van der Waals surface area contributed by atoms with Crippen molar-refractivity contribution in [3.8, 4) is 11.1 Å². The van der Waals surface area contributed by atoms with Crippen molar-refractivity contribution in [1.29, 1.82) is 0 Å². The number of benzene rings is 2. The molecular formula is C20H23FO. The number of fused-ring (bicyclic) bond motifs is 1. The maximum atomic E-state index is 13.9. The van der Waals surface area contributed by atoms with Gasteiger partial charge in [0.2, 0.25) is 0 Å². The Morgan fingerprint density at radius 3 is 2.09 bits per heavy atom. The highest BCUT2D eigenvalue weighted by atomic mass is 19.1. The number of hydrogen-bond acceptors (Lipinski definition) is 1. The molecule has 116 valence electrons. The molecule has 0 spiro atoms. The van der Waals surface area contributed by atoms with E-state index in [1.54, 1.807) is 0 Å². The normalized spacial score (nSPS) is 12.7. The number of Topliss-reactive ketones (excluding diaryl/α,β-unsaturated/α-hetero) is 1. The van der Waals surface area contributed by atoms with E-state index in [9.17, 15) is 9.18 Å². The molecule has 1 aliphatic carbocycles. The number of rotatable bonds is 1. The predicted octanol–water partition coefficient (Wildman–Crippen LogP) is 5.57. The molecule has 3 rings (SSSR count). The van der Waals surface area contributed by atoms with Gasteiger partial charge in [0.05, 0.1) is 5.56 Å². The van der Waals surface area contributed by atoms with E-state index < -0.39 is 0 Å². The molecule has 0 fully saturated rings. The van der Waals surface area contributed by atoms with Crippen molar-refractivity contribution in [2.75, 3.05) is 0 Å². The zero-order valence-corrected chi connectivity index (χ0v) is 14.0. The molecule has 0 aliphatic heterocycles. The fraction of sp³-hybridized carbons (Fsp3) is 0.350. The standard InChI is InChI=1S/C18H17FO.C2H6/c1-10-8-11(2)17(12(3)9-10)13-4-6-15(19)18-14(13)5-7-16(18)20;1-2/h4,6,8-9H,5,7H2,1-3H3;1-2H3. The molecule has 0 atom stereocenters. The second-order valence-electron chi connectivity index (χ2n) is 5.65. The van der Waals surface area contributed by atoms with Crippen molar-refractivity contribution in [1.82, 2.24) is 0 Å². The Bertz CT molecular complexity index is 706. The van der Waals surface area contributed by atoms with Gasteiger partial charge in [-0.1, -0.05) is 37.6 Å². The zero-order valence-electron chi connectivity index (χ0n) is 14.0. The van der Waals surface area contributed by atoms with E-state index >= 15 is 0 Å². The van der Waals surface area contributed by atoms with E-state index in [0.717, 1.165) is 16.7 Å². The summed E-state index contributed by atoms with van der Waals surface area (Å²) in [5, 5.41) is 0. The topological polar surface area (TPSA) is 17.1 Å². The smallest absolute Gasteiger partial charge is 0.166 e. The van der Waals surface area contributed by atoms with Gasteiger partial charge >= 0.3 is 0 Å². The lowest BCUT2D eigenvalue weighted by molar-refractivity contribution is 0.0991. The quantitative estimate of drug-likeness (QED) is 0.672. The van der Waals surface area contributed by atoms with Crippen LogP contribution < -0.4 is 0 Å². The van der Waals surface area contributed by atoms with E-state index in [2.05, 4.69) is 32.9 Å². The zero-order chi connectivity index (χ0) is 16.4. The number of hydrogen-bond donors (Lipinski definition) is 0. The summed E-state index contributed by atoms with van der Waals surface area (Å²) in [7, 11) is 0. The molecule has 0 N–H and O–H groups in total. The molecule has 2 aromatic rings. The molecule has 0 aromatic heterocycles. The minimum atomic E-state index is -0.381. The Morgan fingerprint density at radius 2 is 1.50 bits per heavy atom. The molecule has 0 radical (unpaired) electrons. The average molecular weight is 298 g/mol. The molecule has 0 amide bonds. The van der Waals surface area contributed by atoms with Crippen molar-refractivity contribution in [3.05, 3.63) is 57.9 Å². The summed E-state index contributed by atoms with van der Waals surface area (Å²) in [6.07, 6.45) is 1.07. The second kappa shape index (κ2) is 6.43. The first-order valence-electron chi connectivity index (χ1n) is 7.92. The SMILES string of the molecule is CC.Cc1cc(C)c(-c2ccc(F)c3c2CCC3=O)c(C)c1. The Balaban J connectivity index is 0.000000847. The lowest BCUT2D eigenvalue weighted by Crippen LogP contribution is -1.99. The molecule has 22 heavy (non-hydrogen) atoms. The highest BCUT2D eigenvalue weighted by Gasteiger charge is 2.27. The van der Waals surface area contributed by atoms with Crippen molar-refractivity contribution >= 4 is 5.78 Å². The summed E-state index contributed by atoms with van der Waals surface area (Å²) in [6, 6.07) is 7.51. The van der Waals surface area contributed by atoms with Crippen LogP contribution in [0, 0.1) is 26.6 Å². The lowest BCUT2D eigenvalue weighted by Gasteiger charge is -2.15. The number of ketones is 1. The number of aryl methyl sites for hydroxylation is 3. The summed E-state index contributed by atoms with van der Waals surface area (Å²) in [5.41, 5.74) is 6.92. The van der Waals surface area contributed by atoms with E-state index in [1.807, 2.05) is 19.9 Å². The van der Waals surface area contributed by atoms with E-state index in [-0.39, 0.29) is 11.6 Å². The van der Waals surface area contributed by atoms with Crippen LogP contribution in [0.1, 0.15) is 52.9 Å². The largest absolute Gasteiger partial charge is 0.294 e. The average Bonchev–Trinajstić information content (AvgIpc) is 2.86. The Morgan fingerprint density at radius 1 is 0.909 bits per heavy atom. The van der Waals surface area contributed by atoms with Gasteiger partial charge in [0.1, 0.15) is 5.82 Å². The van der Waals surface area contributed by atoms with Crippen LogP contribution in [-0.2, 0) is 6.42 Å². The van der Waals surface area contributed by atoms with E-state index in [1.165, 1.54) is 22.8 Å². The van der Waals surface area contributed by atoms with Crippen LogP contribution in [0.5, 0.6) is 0 Å². The maximum absolute atomic E-state index is 13.9. The summed E-state index contributed by atoms with van der Waals surface area (Å²) in [6.45, 7) is 10.2. The van der Waals surface area contributed by atoms with E-state index in [0.29, 0.717) is 18.4 Å². The van der Waals surface area contributed by atoms with Gasteiger partial charge in [-0.15, -0.1) is 0 Å². The molecule has 2 heteroatoms. The molecular weight excluding hydrogens is 275 g/mol. The van der Waals surface area contributed by atoms with Crippen molar-refractivity contribution < 1.29 is 9.18 Å². The molecule has 0 saturated carbocycles. The molecule has 0 heterocycles. The third-order valence-corrected chi connectivity index (χ3v) is 4.09. The van der Waals surface area contributed by atoms with Crippen LogP contribution >= 0.6 is 0 Å². The molecule has 0 bridgehead atoms. The van der Waals surface area contributed by atoms with Gasteiger partial charge in [0.15, 0.2) is 5.78 Å². The van der Waals surface area contributed by atoms with Crippen molar-refractivity contribution in [3.63, 3.8) is 0 Å². The first kappa shape index (κ1) is 16.4. The third kappa shape index (κ3) is 2.70. The summed E-state index contributed by atoms with van der Waals surface area (Å²) in [4.78, 5) is 11.9. The van der Waals surface area contributed by atoms with Gasteiger partial charge in [0.25, 0.3) is 0 Å². The van der Waals surface area contributed by atoms with Crippen LogP contribution in [0.15, 0.2) is 24.3 Å². The van der Waals surface area contributed by atoms with Crippen LogP contribution in [0.3, 0.4) is 0 Å². The van der Waals surface area contributed by atoms with Gasteiger partial charge in [-0.05, 0) is 61.1 Å². The summed E-state index contributed by atoms with van der Waals surface area (Å²) >= 11 is 0. The van der Waals surface area contributed by atoms with Gasteiger partial charge in [-0.25, -0.2) is 4.39 Å². The molecule has 0 unspecified atom stereocenters. The predicted molar refractivity (Wildman–Crippen MR) is 90.0 cm³/mol. The van der Waals surface area contributed by atoms with Gasteiger partial charge < -0.3 is 0 Å². The number of carbonyl (C=O) groups excluding carboxylic acids is 1. The van der Waals surface area contributed by atoms with Crippen LogP contribution in [0.25, 0.3) is 11.1 Å². The van der Waals surface area contributed by atoms with Crippen LogP contribution in [-0.4, -0.2) is 5.78 Å². The monoisotopic (exact) mass is 298 g/mol.